The van der Waals surface area contributed by atoms with Crippen molar-refractivity contribution in [3.05, 3.63) is 70.3 Å². The Morgan fingerprint density at radius 3 is 2.60 bits per heavy atom. The Balaban J connectivity index is 1.93. The van der Waals surface area contributed by atoms with Crippen LogP contribution < -0.4 is 5.32 Å². The van der Waals surface area contributed by atoms with E-state index in [-0.39, 0.29) is 28.6 Å². The molecule has 0 aliphatic rings. The normalized spacial score (nSPS) is 11.5. The summed E-state index contributed by atoms with van der Waals surface area (Å²) in [6.07, 6.45) is -4.52. The Kier molecular flexibility index (Phi) is 6.67. The summed E-state index contributed by atoms with van der Waals surface area (Å²) in [5.41, 5.74) is -0.958. The van der Waals surface area contributed by atoms with E-state index < -0.39 is 23.5 Å². The van der Waals surface area contributed by atoms with Gasteiger partial charge in [0.1, 0.15) is 5.82 Å². The van der Waals surface area contributed by atoms with Crippen LogP contribution in [0.25, 0.3) is 5.69 Å². The van der Waals surface area contributed by atoms with Crippen molar-refractivity contribution < 1.29 is 22.4 Å². The van der Waals surface area contributed by atoms with Gasteiger partial charge in [0.25, 0.3) is 5.91 Å². The molecule has 0 spiro atoms. The SMILES string of the molecule is CCSc1nnc(CNC(=O)c2c(F)cccc2Cl)n1-c1cccc(C(F)(F)F)c1. The van der Waals surface area contributed by atoms with E-state index in [9.17, 15) is 22.4 Å². The maximum Gasteiger partial charge on any atom is 0.416 e. The molecule has 1 amide bonds. The van der Waals surface area contributed by atoms with Gasteiger partial charge in [-0.3, -0.25) is 9.36 Å². The smallest absolute Gasteiger partial charge is 0.345 e. The minimum Gasteiger partial charge on any atom is -0.345 e. The lowest BCUT2D eigenvalue weighted by atomic mass is 10.2. The molecule has 3 aromatic rings. The molecule has 158 valence electrons. The van der Waals surface area contributed by atoms with Crippen molar-refractivity contribution in [3.8, 4) is 5.69 Å². The number of rotatable bonds is 6. The lowest BCUT2D eigenvalue weighted by Gasteiger charge is -2.13. The molecule has 3 rings (SSSR count). The van der Waals surface area contributed by atoms with Gasteiger partial charge >= 0.3 is 6.18 Å². The maximum atomic E-state index is 13.9. The van der Waals surface area contributed by atoms with E-state index in [1.807, 2.05) is 6.92 Å². The number of amides is 1. The highest BCUT2D eigenvalue weighted by Crippen LogP contribution is 2.31. The first-order valence-electron chi connectivity index (χ1n) is 8.69. The second-order valence-electron chi connectivity index (χ2n) is 5.99. The van der Waals surface area contributed by atoms with Crippen LogP contribution >= 0.6 is 23.4 Å². The topological polar surface area (TPSA) is 59.8 Å². The summed E-state index contributed by atoms with van der Waals surface area (Å²) < 4.78 is 54.7. The van der Waals surface area contributed by atoms with E-state index in [4.69, 9.17) is 11.6 Å². The van der Waals surface area contributed by atoms with Crippen molar-refractivity contribution in [2.24, 2.45) is 0 Å². The number of halogens is 5. The fraction of sp³-hybridized carbons (Fsp3) is 0.211. The molecule has 0 saturated heterocycles. The van der Waals surface area contributed by atoms with E-state index in [1.165, 1.54) is 40.6 Å². The van der Waals surface area contributed by atoms with Crippen LogP contribution in [0.15, 0.2) is 47.6 Å². The zero-order chi connectivity index (χ0) is 21.9. The highest BCUT2D eigenvalue weighted by molar-refractivity contribution is 7.99. The molecule has 5 nitrogen and oxygen atoms in total. The minimum absolute atomic E-state index is 0.0610. The average Bonchev–Trinajstić information content (AvgIpc) is 3.08. The third-order valence-electron chi connectivity index (χ3n) is 4.00. The van der Waals surface area contributed by atoms with Crippen molar-refractivity contribution in [3.63, 3.8) is 0 Å². The van der Waals surface area contributed by atoms with Gasteiger partial charge in [0.2, 0.25) is 0 Å². The summed E-state index contributed by atoms with van der Waals surface area (Å²) >= 11 is 7.18. The van der Waals surface area contributed by atoms with Crippen molar-refractivity contribution in [2.75, 3.05) is 5.75 Å². The summed E-state index contributed by atoms with van der Waals surface area (Å²) in [5.74, 6) is -0.775. The first-order chi connectivity index (χ1) is 14.2. The van der Waals surface area contributed by atoms with E-state index >= 15 is 0 Å². The Hall–Kier alpha value is -2.59. The molecular weight excluding hydrogens is 444 g/mol. The van der Waals surface area contributed by atoms with E-state index in [2.05, 4.69) is 15.5 Å². The predicted molar refractivity (Wildman–Crippen MR) is 105 cm³/mol. The number of hydrogen-bond acceptors (Lipinski definition) is 4. The predicted octanol–water partition coefficient (Wildman–Crippen LogP) is 5.12. The Labute approximate surface area is 178 Å². The van der Waals surface area contributed by atoms with Crippen LogP contribution in [0.2, 0.25) is 5.02 Å². The van der Waals surface area contributed by atoms with Gasteiger partial charge in [-0.1, -0.05) is 42.4 Å². The highest BCUT2D eigenvalue weighted by Gasteiger charge is 2.31. The molecule has 11 heteroatoms. The van der Waals surface area contributed by atoms with Crippen molar-refractivity contribution in [1.82, 2.24) is 20.1 Å². The standard InChI is InChI=1S/C19H15ClF4N4OS/c1-2-30-18-27-26-15(10-25-17(29)16-13(20)7-4-8-14(16)21)28(18)12-6-3-5-11(9-12)19(22,23)24/h3-9H,2,10H2,1H3,(H,25,29). The zero-order valence-corrected chi connectivity index (χ0v) is 17.1. The molecular formula is C19H15ClF4N4OS. The van der Waals surface area contributed by atoms with Gasteiger partial charge in [-0.2, -0.15) is 13.2 Å². The molecule has 30 heavy (non-hydrogen) atoms. The van der Waals surface area contributed by atoms with Gasteiger partial charge in [-0.15, -0.1) is 10.2 Å². The number of carbonyl (C=O) groups excluding carboxylic acids is 1. The van der Waals surface area contributed by atoms with Crippen LogP contribution in [0.1, 0.15) is 28.7 Å². The van der Waals surface area contributed by atoms with Gasteiger partial charge in [-0.05, 0) is 36.1 Å². The minimum atomic E-state index is -4.52. The number of nitrogens with one attached hydrogen (secondary N) is 1. The summed E-state index contributed by atoms with van der Waals surface area (Å²) in [7, 11) is 0. The van der Waals surface area contributed by atoms with Crippen LogP contribution in [-0.4, -0.2) is 26.4 Å². The molecule has 0 radical (unpaired) electrons. The van der Waals surface area contributed by atoms with Crippen molar-refractivity contribution in [1.29, 1.82) is 0 Å². The third-order valence-corrected chi connectivity index (χ3v) is 5.13. The molecule has 2 aromatic carbocycles. The monoisotopic (exact) mass is 458 g/mol. The molecule has 0 fully saturated rings. The van der Waals surface area contributed by atoms with Crippen molar-refractivity contribution >= 4 is 29.3 Å². The Morgan fingerprint density at radius 1 is 1.20 bits per heavy atom. The summed E-state index contributed by atoms with van der Waals surface area (Å²) in [4.78, 5) is 12.4. The fourth-order valence-electron chi connectivity index (χ4n) is 2.68. The Bertz CT molecular complexity index is 1050. The lowest BCUT2D eigenvalue weighted by molar-refractivity contribution is -0.137. The highest BCUT2D eigenvalue weighted by atomic mass is 35.5. The molecule has 1 N–H and O–H groups in total. The van der Waals surface area contributed by atoms with E-state index in [1.54, 1.807) is 0 Å². The number of aromatic nitrogens is 3. The summed E-state index contributed by atoms with van der Waals surface area (Å²) in [6, 6.07) is 8.54. The fourth-order valence-corrected chi connectivity index (χ4v) is 3.63. The molecule has 0 aliphatic carbocycles. The van der Waals surface area contributed by atoms with Gasteiger partial charge in [0.05, 0.1) is 28.4 Å². The first-order valence-corrected chi connectivity index (χ1v) is 10.1. The summed E-state index contributed by atoms with van der Waals surface area (Å²) in [5, 5.41) is 10.8. The molecule has 0 atom stereocenters. The molecule has 1 aromatic heterocycles. The van der Waals surface area contributed by atoms with Crippen molar-refractivity contribution in [2.45, 2.75) is 24.8 Å². The van der Waals surface area contributed by atoms with Crippen LogP contribution in [0.3, 0.4) is 0 Å². The Morgan fingerprint density at radius 2 is 1.93 bits per heavy atom. The van der Waals surface area contributed by atoms with Crippen LogP contribution in [-0.2, 0) is 12.7 Å². The lowest BCUT2D eigenvalue weighted by Crippen LogP contribution is -2.26. The third kappa shape index (κ3) is 4.76. The molecule has 0 unspecified atom stereocenters. The number of carbonyl (C=O) groups is 1. The quantitative estimate of drug-likeness (QED) is 0.411. The number of hydrogen-bond donors (Lipinski definition) is 1. The van der Waals surface area contributed by atoms with Gasteiger partial charge in [-0.25, -0.2) is 4.39 Å². The van der Waals surface area contributed by atoms with Crippen LogP contribution in [0.4, 0.5) is 17.6 Å². The van der Waals surface area contributed by atoms with Crippen LogP contribution in [0.5, 0.6) is 0 Å². The zero-order valence-electron chi connectivity index (χ0n) is 15.5. The average molecular weight is 459 g/mol. The maximum absolute atomic E-state index is 13.9. The molecule has 1 heterocycles. The number of nitrogens with zero attached hydrogens (tertiary/aromatic N) is 3. The first kappa shape index (κ1) is 22.1. The van der Waals surface area contributed by atoms with Crippen LogP contribution in [0, 0.1) is 5.82 Å². The molecule has 0 aliphatic heterocycles. The van der Waals surface area contributed by atoms with Gasteiger partial charge in [0, 0.05) is 0 Å². The molecule has 0 bridgehead atoms. The second kappa shape index (κ2) is 9.05. The van der Waals surface area contributed by atoms with E-state index in [0.29, 0.717) is 10.9 Å². The second-order valence-corrected chi connectivity index (χ2v) is 7.63. The van der Waals surface area contributed by atoms with E-state index in [0.717, 1.165) is 18.2 Å². The van der Waals surface area contributed by atoms with Gasteiger partial charge in [0.15, 0.2) is 11.0 Å². The number of thioether (sulfide) groups is 1. The number of benzene rings is 2. The number of alkyl halides is 3. The molecule has 0 saturated carbocycles. The summed E-state index contributed by atoms with van der Waals surface area (Å²) in [6.45, 7) is 1.66. The van der Waals surface area contributed by atoms with Gasteiger partial charge < -0.3 is 5.32 Å². The largest absolute Gasteiger partial charge is 0.416 e.